The summed E-state index contributed by atoms with van der Waals surface area (Å²) >= 11 is 0. The highest BCUT2D eigenvalue weighted by Gasteiger charge is 2.27. The fourth-order valence-corrected chi connectivity index (χ4v) is 4.36. The monoisotopic (exact) mass is 446 g/mol. The van der Waals surface area contributed by atoms with E-state index < -0.39 is 6.10 Å². The summed E-state index contributed by atoms with van der Waals surface area (Å²) < 4.78 is 21.8. The van der Waals surface area contributed by atoms with Crippen LogP contribution >= 0.6 is 0 Å². The highest BCUT2D eigenvalue weighted by molar-refractivity contribution is 5.89. The summed E-state index contributed by atoms with van der Waals surface area (Å²) in [6.45, 7) is 3.54. The predicted molar refractivity (Wildman–Crippen MR) is 120 cm³/mol. The van der Waals surface area contributed by atoms with E-state index in [0.29, 0.717) is 40.3 Å². The number of ether oxygens (including phenoxy) is 1. The third-order valence-corrected chi connectivity index (χ3v) is 6.01. The number of hydrogen-bond acceptors (Lipinski definition) is 8. The molecule has 0 amide bonds. The van der Waals surface area contributed by atoms with E-state index in [1.807, 2.05) is 0 Å². The van der Waals surface area contributed by atoms with Crippen LogP contribution in [0.2, 0.25) is 0 Å². The summed E-state index contributed by atoms with van der Waals surface area (Å²) in [5, 5.41) is 14.4. The summed E-state index contributed by atoms with van der Waals surface area (Å²) in [5.41, 5.74) is 9.26. The molecular formula is C23H23FN8O. The van der Waals surface area contributed by atoms with E-state index in [0.717, 1.165) is 31.8 Å². The molecule has 168 valence electrons. The second-order valence-electron chi connectivity index (χ2n) is 8.21. The fourth-order valence-electron chi connectivity index (χ4n) is 4.36. The van der Waals surface area contributed by atoms with Crippen molar-refractivity contribution in [3.05, 3.63) is 47.2 Å². The lowest BCUT2D eigenvalue weighted by Crippen LogP contribution is -2.30. The molecule has 10 heteroatoms. The highest BCUT2D eigenvalue weighted by atomic mass is 19.1. The van der Waals surface area contributed by atoms with Crippen LogP contribution in [0.5, 0.6) is 5.88 Å². The Morgan fingerprint density at radius 1 is 1.27 bits per heavy atom. The maximum absolute atomic E-state index is 14.2. The first kappa shape index (κ1) is 20.9. The molecule has 3 aromatic rings. The van der Waals surface area contributed by atoms with Crippen molar-refractivity contribution in [2.75, 3.05) is 18.8 Å². The van der Waals surface area contributed by atoms with E-state index in [4.69, 9.17) is 15.5 Å². The minimum Gasteiger partial charge on any atom is -0.467 e. The number of likely N-dealkylation sites (tertiary alicyclic amines) is 1. The third-order valence-electron chi connectivity index (χ3n) is 6.01. The summed E-state index contributed by atoms with van der Waals surface area (Å²) in [4.78, 5) is 16.0. The van der Waals surface area contributed by atoms with E-state index in [-0.39, 0.29) is 17.5 Å². The van der Waals surface area contributed by atoms with Gasteiger partial charge in [-0.3, -0.25) is 4.68 Å². The molecular weight excluding hydrogens is 423 g/mol. The predicted octanol–water partition coefficient (Wildman–Crippen LogP) is 3.29. The van der Waals surface area contributed by atoms with Gasteiger partial charge in [-0.05, 0) is 38.0 Å². The van der Waals surface area contributed by atoms with Gasteiger partial charge in [0.25, 0.3) is 5.88 Å². The van der Waals surface area contributed by atoms with Gasteiger partial charge in [-0.2, -0.15) is 10.4 Å². The molecule has 0 spiro atoms. The van der Waals surface area contributed by atoms with Crippen molar-refractivity contribution in [3.8, 4) is 23.2 Å². The molecule has 0 aliphatic carbocycles. The maximum Gasteiger partial charge on any atom is 0.258 e. The maximum atomic E-state index is 14.2. The quantitative estimate of drug-likeness (QED) is 0.563. The Labute approximate surface area is 190 Å². The Balaban J connectivity index is 1.77. The molecule has 2 aromatic heterocycles. The molecule has 9 nitrogen and oxygen atoms in total. The zero-order valence-electron chi connectivity index (χ0n) is 18.4. The van der Waals surface area contributed by atoms with Crippen molar-refractivity contribution >= 4 is 17.3 Å². The molecule has 4 heterocycles. The molecule has 1 atom stereocenters. The number of halogens is 1. The van der Waals surface area contributed by atoms with E-state index >= 15 is 0 Å². The van der Waals surface area contributed by atoms with Crippen molar-refractivity contribution in [2.24, 2.45) is 12.0 Å². The molecule has 1 aromatic carbocycles. The number of nitrogens with two attached hydrogens (primary N) is 1. The Hall–Kier alpha value is -4.00. The van der Waals surface area contributed by atoms with Gasteiger partial charge in [-0.15, -0.1) is 0 Å². The van der Waals surface area contributed by atoms with Gasteiger partial charge < -0.3 is 15.4 Å². The van der Waals surface area contributed by atoms with Crippen LogP contribution in [0, 0.1) is 17.1 Å². The third kappa shape index (κ3) is 3.75. The number of fused-ring (bicyclic) bond motifs is 5. The topological polar surface area (TPSA) is 118 Å². The van der Waals surface area contributed by atoms with Crippen LogP contribution in [0.15, 0.2) is 29.4 Å². The second-order valence-corrected chi connectivity index (χ2v) is 8.21. The number of nitrogen functional groups attached to an aromatic ring is 1. The van der Waals surface area contributed by atoms with Gasteiger partial charge >= 0.3 is 0 Å². The van der Waals surface area contributed by atoms with Crippen LogP contribution in [-0.2, 0) is 13.5 Å². The number of amidine groups is 1. The highest BCUT2D eigenvalue weighted by Crippen LogP contribution is 2.35. The molecule has 2 N–H and O–H groups in total. The SMILES string of the molecule is C[C@H]1Oc2nc(cnc2N)-c2c(nn(C)c2C#N)C/C(N2CCCC2)=N\c2ccc(F)cc21. The Bertz CT molecular complexity index is 1300. The number of aryl methyl sites for hydroxylation is 1. The molecule has 0 unspecified atom stereocenters. The molecule has 0 radical (unpaired) electrons. The molecule has 2 aliphatic rings. The first-order valence-corrected chi connectivity index (χ1v) is 10.8. The lowest BCUT2D eigenvalue weighted by atomic mass is 10.1. The van der Waals surface area contributed by atoms with Gasteiger partial charge in [0.2, 0.25) is 0 Å². The summed E-state index contributed by atoms with van der Waals surface area (Å²) in [6, 6.07) is 6.68. The van der Waals surface area contributed by atoms with E-state index in [1.165, 1.54) is 23.0 Å². The smallest absolute Gasteiger partial charge is 0.258 e. The normalized spacial score (nSPS) is 19.3. The van der Waals surface area contributed by atoms with Crippen LogP contribution in [0.25, 0.3) is 11.3 Å². The zero-order chi connectivity index (χ0) is 23.1. The van der Waals surface area contributed by atoms with E-state index in [2.05, 4.69) is 26.0 Å². The number of aliphatic imine (C=N–C) groups is 1. The second kappa shape index (κ2) is 8.16. The molecule has 1 saturated heterocycles. The zero-order valence-corrected chi connectivity index (χ0v) is 18.4. The van der Waals surface area contributed by atoms with Crippen molar-refractivity contribution in [3.63, 3.8) is 0 Å². The number of anilines is 1. The molecule has 0 saturated carbocycles. The Morgan fingerprint density at radius 2 is 2.06 bits per heavy atom. The van der Waals surface area contributed by atoms with E-state index in [1.54, 1.807) is 20.0 Å². The average Bonchev–Trinajstić information content (AvgIpc) is 3.43. The molecule has 2 aliphatic heterocycles. The number of rotatable bonds is 0. The average molecular weight is 446 g/mol. The standard InChI is InChI=1S/C23H23FN8O/c1-13-15-9-14(24)5-6-16(15)28-20(32-7-3-4-8-32)10-17-21(19(11-25)31(2)30-17)18-12-27-22(26)23(29-18)33-13/h5-6,9,12-13H,3-4,7-8,10H2,1-2H3,(H2,26,27)/b28-20+/t13-/m1/s1. The van der Waals surface area contributed by atoms with E-state index in [9.17, 15) is 9.65 Å². The number of nitrogens with zero attached hydrogens (tertiary/aromatic N) is 7. The number of benzene rings is 1. The van der Waals surface area contributed by atoms with Gasteiger partial charge in [0, 0.05) is 25.7 Å². The number of aromatic nitrogens is 4. The lowest BCUT2D eigenvalue weighted by Gasteiger charge is -2.23. The molecule has 1 fully saturated rings. The van der Waals surface area contributed by atoms with Crippen LogP contribution in [0.4, 0.5) is 15.9 Å². The summed E-state index contributed by atoms with van der Waals surface area (Å²) in [7, 11) is 1.72. The van der Waals surface area contributed by atoms with Crippen molar-refractivity contribution < 1.29 is 9.13 Å². The fraction of sp³-hybridized carbons (Fsp3) is 0.348. The Kier molecular flexibility index (Phi) is 5.17. The minimum atomic E-state index is -0.589. The van der Waals surface area contributed by atoms with Gasteiger partial charge in [0.05, 0.1) is 35.3 Å². The van der Waals surface area contributed by atoms with Crippen molar-refractivity contribution in [1.82, 2.24) is 24.6 Å². The first-order chi connectivity index (χ1) is 15.9. The van der Waals surface area contributed by atoms with Gasteiger partial charge in [0.1, 0.15) is 29.5 Å². The minimum absolute atomic E-state index is 0.103. The summed E-state index contributed by atoms with van der Waals surface area (Å²) in [6.07, 6.45) is 3.45. The molecule has 33 heavy (non-hydrogen) atoms. The van der Waals surface area contributed by atoms with Crippen LogP contribution in [0.1, 0.15) is 42.8 Å². The van der Waals surface area contributed by atoms with Crippen LogP contribution in [0.3, 0.4) is 0 Å². The largest absolute Gasteiger partial charge is 0.467 e. The summed E-state index contributed by atoms with van der Waals surface area (Å²) in [5.74, 6) is 0.636. The molecule has 2 bridgehead atoms. The van der Waals surface area contributed by atoms with Gasteiger partial charge in [0.15, 0.2) is 5.82 Å². The van der Waals surface area contributed by atoms with Gasteiger partial charge in [-0.1, -0.05) is 0 Å². The van der Waals surface area contributed by atoms with Crippen molar-refractivity contribution in [1.29, 1.82) is 5.26 Å². The van der Waals surface area contributed by atoms with Gasteiger partial charge in [-0.25, -0.2) is 19.4 Å². The lowest BCUT2D eigenvalue weighted by molar-refractivity contribution is 0.218. The number of nitriles is 1. The van der Waals surface area contributed by atoms with Crippen molar-refractivity contribution in [2.45, 2.75) is 32.3 Å². The van der Waals surface area contributed by atoms with Crippen LogP contribution < -0.4 is 10.5 Å². The molecule has 5 rings (SSSR count). The van der Waals surface area contributed by atoms with Crippen LogP contribution in [-0.4, -0.2) is 43.6 Å². The first-order valence-electron chi connectivity index (χ1n) is 10.8. The Morgan fingerprint density at radius 3 is 2.82 bits per heavy atom. The number of hydrogen-bond donors (Lipinski definition) is 1.